The normalized spacial score (nSPS) is 14.4. The van der Waals surface area contributed by atoms with Gasteiger partial charge in [-0.1, -0.05) is 0 Å². The molecule has 154 valence electrons. The smallest absolute Gasteiger partial charge is 0.378 e. The van der Waals surface area contributed by atoms with Crippen molar-refractivity contribution < 1.29 is 22.7 Å². The molecule has 1 aliphatic rings. The molecule has 2 aromatic carbocycles. The summed E-state index contributed by atoms with van der Waals surface area (Å²) in [5.41, 5.74) is 0.331. The minimum Gasteiger partial charge on any atom is -0.378 e. The maximum Gasteiger partial charge on any atom is 0.416 e. The molecule has 1 saturated heterocycles. The summed E-state index contributed by atoms with van der Waals surface area (Å²) in [6, 6.07) is 10.3. The summed E-state index contributed by atoms with van der Waals surface area (Å²) < 4.78 is 45.8. The first-order chi connectivity index (χ1) is 13.7. The van der Waals surface area contributed by atoms with Crippen molar-refractivity contribution in [1.82, 2.24) is 5.32 Å². The summed E-state index contributed by atoms with van der Waals surface area (Å²) in [4.78, 5) is 14.2. The third-order valence-corrected chi connectivity index (χ3v) is 5.18. The van der Waals surface area contributed by atoms with Gasteiger partial charge in [-0.25, -0.2) is 0 Å². The second-order valence-corrected chi connectivity index (χ2v) is 7.90. The Labute approximate surface area is 184 Å². The largest absolute Gasteiger partial charge is 0.416 e. The molecule has 0 bridgehead atoms. The monoisotopic (exact) mass is 535 g/mol. The predicted octanol–water partition coefficient (Wildman–Crippen LogP) is 4.27. The van der Waals surface area contributed by atoms with Gasteiger partial charge >= 0.3 is 6.18 Å². The Balaban J connectivity index is 1.80. The lowest BCUT2D eigenvalue weighted by Gasteiger charge is -2.31. The number of benzene rings is 2. The van der Waals surface area contributed by atoms with Crippen LogP contribution in [0, 0.1) is 3.57 Å². The number of halogens is 4. The molecule has 2 aromatic rings. The molecule has 1 aliphatic heterocycles. The van der Waals surface area contributed by atoms with Gasteiger partial charge in [-0.05, 0) is 77.3 Å². The Morgan fingerprint density at radius 1 is 1.10 bits per heavy atom. The van der Waals surface area contributed by atoms with Gasteiger partial charge in [0.1, 0.15) is 0 Å². The highest BCUT2D eigenvalue weighted by Crippen LogP contribution is 2.35. The van der Waals surface area contributed by atoms with Crippen LogP contribution in [0.25, 0.3) is 0 Å². The highest BCUT2D eigenvalue weighted by atomic mass is 127. The number of nitrogens with one attached hydrogen (secondary N) is 2. The van der Waals surface area contributed by atoms with Crippen LogP contribution in [0.5, 0.6) is 0 Å². The number of carbonyl (C=O) groups is 1. The predicted molar refractivity (Wildman–Crippen MR) is 117 cm³/mol. The van der Waals surface area contributed by atoms with Crippen LogP contribution in [-0.2, 0) is 10.9 Å². The first-order valence-electron chi connectivity index (χ1n) is 8.66. The van der Waals surface area contributed by atoms with E-state index >= 15 is 0 Å². The number of carbonyl (C=O) groups excluding carboxylic acids is 1. The van der Waals surface area contributed by atoms with Crippen LogP contribution < -0.4 is 15.5 Å². The quantitative estimate of drug-likeness (QED) is 0.455. The van der Waals surface area contributed by atoms with Crippen LogP contribution in [0.2, 0.25) is 0 Å². The number of nitrogens with zero attached hydrogens (tertiary/aromatic N) is 1. The number of rotatable bonds is 3. The molecule has 1 heterocycles. The molecule has 29 heavy (non-hydrogen) atoms. The number of ether oxygens (including phenoxy) is 1. The average Bonchev–Trinajstić information content (AvgIpc) is 2.68. The number of anilines is 2. The van der Waals surface area contributed by atoms with Crippen LogP contribution in [-0.4, -0.2) is 37.3 Å². The number of amides is 1. The lowest BCUT2D eigenvalue weighted by Crippen LogP contribution is -2.38. The van der Waals surface area contributed by atoms with Crippen molar-refractivity contribution in [3.63, 3.8) is 0 Å². The Hall–Kier alpha value is -1.92. The second kappa shape index (κ2) is 9.26. The molecule has 0 atom stereocenters. The molecule has 0 aliphatic carbocycles. The topological polar surface area (TPSA) is 53.6 Å². The van der Waals surface area contributed by atoms with E-state index in [1.54, 1.807) is 24.3 Å². The zero-order valence-electron chi connectivity index (χ0n) is 15.1. The Kier molecular flexibility index (Phi) is 6.96. The van der Waals surface area contributed by atoms with E-state index in [-0.39, 0.29) is 10.8 Å². The third kappa shape index (κ3) is 5.80. The second-order valence-electron chi connectivity index (χ2n) is 6.24. The first kappa shape index (κ1) is 21.8. The molecular formula is C19H17F3IN3O2S. The molecular weight excluding hydrogens is 518 g/mol. The van der Waals surface area contributed by atoms with E-state index in [9.17, 15) is 18.0 Å². The van der Waals surface area contributed by atoms with Crippen molar-refractivity contribution in [1.29, 1.82) is 0 Å². The number of hydrogen-bond donors (Lipinski definition) is 2. The van der Waals surface area contributed by atoms with Crippen molar-refractivity contribution in [2.45, 2.75) is 6.18 Å². The number of thiocarbonyl (C=S) groups is 1. The van der Waals surface area contributed by atoms with Crippen molar-refractivity contribution in [2.24, 2.45) is 0 Å². The Morgan fingerprint density at radius 2 is 1.76 bits per heavy atom. The number of morpholine rings is 1. The van der Waals surface area contributed by atoms with Gasteiger partial charge in [0.25, 0.3) is 5.91 Å². The van der Waals surface area contributed by atoms with Crippen molar-refractivity contribution in [2.75, 3.05) is 36.5 Å². The van der Waals surface area contributed by atoms with E-state index in [0.717, 1.165) is 15.7 Å². The van der Waals surface area contributed by atoms with Crippen LogP contribution in [0.1, 0.15) is 15.9 Å². The fourth-order valence-electron chi connectivity index (χ4n) is 2.82. The molecule has 10 heteroatoms. The zero-order chi connectivity index (χ0) is 21.0. The standard InChI is InChI=1S/C19H17F3IN3O2S/c20-19(21,22)13-3-6-16(26-7-9-28-10-8-26)15(11-13)24-18(29)25-17(27)12-1-4-14(23)5-2-12/h1-6,11H,7-10H2,(H2,24,25,27,29). The molecule has 3 rings (SSSR count). The molecule has 0 saturated carbocycles. The van der Waals surface area contributed by atoms with Gasteiger partial charge in [0.15, 0.2) is 5.11 Å². The SMILES string of the molecule is O=C(NC(=S)Nc1cc(C(F)(F)F)ccc1N1CCOCC1)c1ccc(I)cc1. The number of alkyl halides is 3. The van der Waals surface area contributed by atoms with Crippen molar-refractivity contribution >= 4 is 57.2 Å². The van der Waals surface area contributed by atoms with Gasteiger partial charge in [0.05, 0.1) is 30.2 Å². The van der Waals surface area contributed by atoms with Crippen LogP contribution in [0.4, 0.5) is 24.5 Å². The van der Waals surface area contributed by atoms with E-state index in [4.69, 9.17) is 17.0 Å². The minimum absolute atomic E-state index is 0.0811. The Bertz CT molecular complexity index is 901. The highest BCUT2D eigenvalue weighted by Gasteiger charge is 2.31. The molecule has 5 nitrogen and oxygen atoms in total. The lowest BCUT2D eigenvalue weighted by atomic mass is 10.1. The molecule has 0 radical (unpaired) electrons. The molecule has 0 unspecified atom stereocenters. The van der Waals surface area contributed by atoms with E-state index in [1.807, 2.05) is 4.90 Å². The van der Waals surface area contributed by atoms with Gasteiger partial charge in [0, 0.05) is 22.2 Å². The minimum atomic E-state index is -4.49. The van der Waals surface area contributed by atoms with E-state index in [2.05, 4.69) is 33.2 Å². The van der Waals surface area contributed by atoms with Gasteiger partial charge in [0.2, 0.25) is 0 Å². The summed E-state index contributed by atoms with van der Waals surface area (Å²) in [7, 11) is 0. The Morgan fingerprint density at radius 3 is 2.38 bits per heavy atom. The molecule has 1 fully saturated rings. The average molecular weight is 535 g/mol. The molecule has 0 spiro atoms. The summed E-state index contributed by atoms with van der Waals surface area (Å²) in [6.45, 7) is 2.05. The van der Waals surface area contributed by atoms with E-state index < -0.39 is 17.6 Å². The summed E-state index contributed by atoms with van der Waals surface area (Å²) in [5.74, 6) is -0.446. The van der Waals surface area contributed by atoms with E-state index in [0.29, 0.717) is 37.6 Å². The maximum absolute atomic E-state index is 13.2. The first-order valence-corrected chi connectivity index (χ1v) is 10.1. The van der Waals surface area contributed by atoms with Gasteiger partial charge in [-0.15, -0.1) is 0 Å². The summed E-state index contributed by atoms with van der Waals surface area (Å²) >= 11 is 7.29. The maximum atomic E-state index is 13.2. The molecule has 0 aromatic heterocycles. The summed E-state index contributed by atoms with van der Waals surface area (Å²) in [5, 5.41) is 5.17. The molecule has 2 N–H and O–H groups in total. The number of hydrogen-bond acceptors (Lipinski definition) is 4. The van der Waals surface area contributed by atoms with Gasteiger partial charge < -0.3 is 15.0 Å². The third-order valence-electron chi connectivity index (χ3n) is 4.26. The fourth-order valence-corrected chi connectivity index (χ4v) is 3.38. The van der Waals surface area contributed by atoms with Crippen LogP contribution in [0.15, 0.2) is 42.5 Å². The summed E-state index contributed by atoms with van der Waals surface area (Å²) in [6.07, 6.45) is -4.49. The fraction of sp³-hybridized carbons (Fsp3) is 0.263. The highest BCUT2D eigenvalue weighted by molar-refractivity contribution is 14.1. The van der Waals surface area contributed by atoms with Gasteiger partial charge in [-0.3, -0.25) is 10.1 Å². The van der Waals surface area contributed by atoms with Crippen LogP contribution in [0.3, 0.4) is 0 Å². The lowest BCUT2D eigenvalue weighted by molar-refractivity contribution is -0.137. The van der Waals surface area contributed by atoms with Crippen molar-refractivity contribution in [3.8, 4) is 0 Å². The molecule has 1 amide bonds. The van der Waals surface area contributed by atoms with Crippen LogP contribution >= 0.6 is 34.8 Å². The van der Waals surface area contributed by atoms with E-state index in [1.165, 1.54) is 6.07 Å². The van der Waals surface area contributed by atoms with Crippen molar-refractivity contribution in [3.05, 3.63) is 57.2 Å². The van der Waals surface area contributed by atoms with Gasteiger partial charge in [-0.2, -0.15) is 13.2 Å². The zero-order valence-corrected chi connectivity index (χ0v) is 18.0.